The van der Waals surface area contributed by atoms with Crippen molar-refractivity contribution in [3.05, 3.63) is 6.33 Å². The predicted octanol–water partition coefficient (Wildman–Crippen LogP) is -0.496. The molecule has 0 aliphatic heterocycles. The highest BCUT2D eigenvalue weighted by atomic mass is 16.3. The molecule has 9 heteroatoms. The van der Waals surface area contributed by atoms with Crippen LogP contribution in [0, 0.1) is 17.8 Å². The van der Waals surface area contributed by atoms with Crippen molar-refractivity contribution in [2.45, 2.75) is 43.6 Å². The number of nitrogens with one attached hydrogen (secondary N) is 1. The molecule has 5 rings (SSSR count). The molecule has 0 unspecified atom stereocenters. The molecule has 0 spiro atoms. The van der Waals surface area contributed by atoms with E-state index in [-0.39, 0.29) is 36.4 Å². The van der Waals surface area contributed by atoms with Crippen LogP contribution in [0.2, 0.25) is 0 Å². The Labute approximate surface area is 143 Å². The van der Waals surface area contributed by atoms with E-state index in [2.05, 4.69) is 20.3 Å². The summed E-state index contributed by atoms with van der Waals surface area (Å²) in [6, 6.07) is 0.0822. The van der Waals surface area contributed by atoms with Crippen molar-refractivity contribution in [3.8, 4) is 0 Å². The number of nitrogens with zero attached hydrogens (tertiary/aromatic N) is 4. The molecule has 3 saturated carbocycles. The highest BCUT2D eigenvalue weighted by molar-refractivity contribution is 5.84. The fourth-order valence-electron chi connectivity index (χ4n) is 4.73. The summed E-state index contributed by atoms with van der Waals surface area (Å²) in [4.78, 5) is 13.0. The molecule has 0 radical (unpaired) electrons. The van der Waals surface area contributed by atoms with E-state index in [4.69, 9.17) is 5.73 Å². The van der Waals surface area contributed by atoms with Gasteiger partial charge in [-0.05, 0) is 25.2 Å². The molecule has 2 aromatic rings. The number of aromatic nitrogens is 4. The van der Waals surface area contributed by atoms with E-state index in [1.54, 1.807) is 6.33 Å². The van der Waals surface area contributed by atoms with E-state index in [1.165, 1.54) is 0 Å². The largest absolute Gasteiger partial charge is 0.396 e. The fraction of sp³-hybridized carbons (Fsp3) is 0.688. The molecular weight excluding hydrogens is 324 g/mol. The van der Waals surface area contributed by atoms with Gasteiger partial charge in [0, 0.05) is 24.5 Å². The van der Waals surface area contributed by atoms with Crippen LogP contribution in [0.15, 0.2) is 6.33 Å². The molecule has 2 bridgehead atoms. The van der Waals surface area contributed by atoms with Gasteiger partial charge < -0.3 is 30.9 Å². The molecule has 134 valence electrons. The Morgan fingerprint density at radius 2 is 2.00 bits per heavy atom. The third kappa shape index (κ3) is 2.16. The van der Waals surface area contributed by atoms with Gasteiger partial charge in [0.15, 0.2) is 17.0 Å². The van der Waals surface area contributed by atoms with Crippen LogP contribution in [0.25, 0.3) is 11.2 Å². The highest BCUT2D eigenvalue weighted by Gasteiger charge is 2.58. The lowest BCUT2D eigenvalue weighted by Crippen LogP contribution is -2.43. The van der Waals surface area contributed by atoms with Crippen molar-refractivity contribution < 1.29 is 15.3 Å². The lowest BCUT2D eigenvalue weighted by Gasteiger charge is -2.36. The predicted molar refractivity (Wildman–Crippen MR) is 89.6 cm³/mol. The monoisotopic (exact) mass is 346 g/mol. The first-order valence-corrected chi connectivity index (χ1v) is 8.82. The van der Waals surface area contributed by atoms with Gasteiger partial charge in [0.1, 0.15) is 0 Å². The summed E-state index contributed by atoms with van der Waals surface area (Å²) in [6.07, 6.45) is 3.25. The smallest absolute Gasteiger partial charge is 0.224 e. The molecule has 6 atom stereocenters. The SMILES string of the molecule is Nc1nc(NC2CC2)c2ncn([C@H]3[C@H](O)[C@@H]4C[C@H]3[C@@H](O)[C@@H]4CO)c2n1. The number of aliphatic hydroxyl groups excluding tert-OH is 3. The average Bonchev–Trinajstić information content (AvgIpc) is 3.07. The van der Waals surface area contributed by atoms with Crippen LogP contribution in [0.4, 0.5) is 11.8 Å². The van der Waals surface area contributed by atoms with Gasteiger partial charge in [-0.2, -0.15) is 9.97 Å². The standard InChI is InChI=1S/C16H22N6O3/c17-16-20-14(19-6-1-2-6)10-15(21-16)22(5-18-10)11-8-3-7(13(11)25)9(4-23)12(8)24/h5-9,11-13,23-25H,1-4H2,(H3,17,19,20,21)/t7-,8-,9-,11-,12-,13-/m1/s1. The van der Waals surface area contributed by atoms with E-state index >= 15 is 0 Å². The zero-order valence-corrected chi connectivity index (χ0v) is 13.7. The number of fused-ring (bicyclic) bond motifs is 3. The lowest BCUT2D eigenvalue weighted by atomic mass is 9.82. The van der Waals surface area contributed by atoms with Gasteiger partial charge in [-0.25, -0.2) is 4.98 Å². The van der Waals surface area contributed by atoms with Crippen LogP contribution in [0.3, 0.4) is 0 Å². The van der Waals surface area contributed by atoms with Crippen LogP contribution in [0.1, 0.15) is 25.3 Å². The Balaban J connectivity index is 1.56. The van der Waals surface area contributed by atoms with Crippen molar-refractivity contribution in [1.82, 2.24) is 19.5 Å². The molecule has 3 aliphatic rings. The van der Waals surface area contributed by atoms with Crippen molar-refractivity contribution in [1.29, 1.82) is 0 Å². The summed E-state index contributed by atoms with van der Waals surface area (Å²) >= 11 is 0. The van der Waals surface area contributed by atoms with Gasteiger partial charge in [-0.15, -0.1) is 0 Å². The minimum Gasteiger partial charge on any atom is -0.396 e. The number of anilines is 2. The maximum atomic E-state index is 10.8. The van der Waals surface area contributed by atoms with E-state index < -0.39 is 12.2 Å². The minimum atomic E-state index is -0.654. The van der Waals surface area contributed by atoms with Crippen molar-refractivity contribution in [3.63, 3.8) is 0 Å². The Hall–Kier alpha value is -1.97. The van der Waals surface area contributed by atoms with Gasteiger partial charge in [-0.1, -0.05) is 0 Å². The first kappa shape index (κ1) is 15.3. The van der Waals surface area contributed by atoms with Gasteiger partial charge in [0.2, 0.25) is 5.95 Å². The number of nitrogens with two attached hydrogens (primary N) is 1. The summed E-state index contributed by atoms with van der Waals surface area (Å²) in [6.45, 7) is -0.110. The molecule has 25 heavy (non-hydrogen) atoms. The summed E-state index contributed by atoms with van der Waals surface area (Å²) in [5.74, 6) is 0.262. The highest BCUT2D eigenvalue weighted by Crippen LogP contribution is 2.54. The first-order valence-electron chi connectivity index (χ1n) is 8.82. The molecule has 2 aromatic heterocycles. The van der Waals surface area contributed by atoms with Gasteiger partial charge in [0.25, 0.3) is 0 Å². The zero-order chi connectivity index (χ0) is 17.3. The maximum Gasteiger partial charge on any atom is 0.224 e. The topological polar surface area (TPSA) is 142 Å². The molecule has 0 aromatic carbocycles. The van der Waals surface area contributed by atoms with Crippen LogP contribution < -0.4 is 11.1 Å². The van der Waals surface area contributed by atoms with E-state index in [9.17, 15) is 15.3 Å². The van der Waals surface area contributed by atoms with E-state index in [0.717, 1.165) is 12.8 Å². The average molecular weight is 346 g/mol. The molecule has 3 fully saturated rings. The van der Waals surface area contributed by atoms with Crippen LogP contribution in [0.5, 0.6) is 0 Å². The summed E-state index contributed by atoms with van der Waals surface area (Å²) in [5.41, 5.74) is 7.08. The quantitative estimate of drug-likeness (QED) is 0.499. The van der Waals surface area contributed by atoms with Crippen LogP contribution in [-0.2, 0) is 0 Å². The lowest BCUT2D eigenvalue weighted by molar-refractivity contribution is -0.0524. The molecule has 0 amide bonds. The fourth-order valence-corrected chi connectivity index (χ4v) is 4.73. The molecule has 6 N–H and O–H groups in total. The number of aliphatic hydroxyl groups is 3. The van der Waals surface area contributed by atoms with E-state index in [1.807, 2.05) is 4.57 Å². The summed E-state index contributed by atoms with van der Waals surface area (Å²) in [5, 5.41) is 34.1. The number of nitrogen functional groups attached to an aromatic ring is 1. The number of rotatable bonds is 4. The second kappa shape index (κ2) is 5.26. The molecule has 3 aliphatic carbocycles. The van der Waals surface area contributed by atoms with Crippen LogP contribution in [-0.4, -0.2) is 59.7 Å². The molecule has 9 nitrogen and oxygen atoms in total. The van der Waals surface area contributed by atoms with Gasteiger partial charge >= 0.3 is 0 Å². The Morgan fingerprint density at radius 3 is 2.72 bits per heavy atom. The zero-order valence-electron chi connectivity index (χ0n) is 13.7. The molecular formula is C16H22N6O3. The first-order chi connectivity index (χ1) is 12.1. The third-order valence-electron chi connectivity index (χ3n) is 6.09. The number of hydrogen-bond acceptors (Lipinski definition) is 8. The number of imidazole rings is 1. The normalized spacial score (nSPS) is 37.1. The van der Waals surface area contributed by atoms with Gasteiger partial charge in [-0.3, -0.25) is 0 Å². The Morgan fingerprint density at radius 1 is 1.20 bits per heavy atom. The Kier molecular flexibility index (Phi) is 3.22. The van der Waals surface area contributed by atoms with Crippen LogP contribution >= 0.6 is 0 Å². The molecule has 0 saturated heterocycles. The van der Waals surface area contributed by atoms with E-state index in [0.29, 0.717) is 29.4 Å². The minimum absolute atomic E-state index is 0.110. The van der Waals surface area contributed by atoms with Gasteiger partial charge in [0.05, 0.1) is 24.6 Å². The summed E-state index contributed by atoms with van der Waals surface area (Å²) in [7, 11) is 0. The molecule has 2 heterocycles. The summed E-state index contributed by atoms with van der Waals surface area (Å²) < 4.78 is 1.82. The van der Waals surface area contributed by atoms with Crippen molar-refractivity contribution in [2.24, 2.45) is 17.8 Å². The second-order valence-corrected chi connectivity index (χ2v) is 7.55. The third-order valence-corrected chi connectivity index (χ3v) is 6.09. The van der Waals surface area contributed by atoms with Crippen molar-refractivity contribution >= 4 is 22.9 Å². The number of hydrogen-bond donors (Lipinski definition) is 5. The Bertz CT molecular complexity index is 822. The maximum absolute atomic E-state index is 10.8. The van der Waals surface area contributed by atoms with Crippen molar-refractivity contribution in [2.75, 3.05) is 17.7 Å². The second-order valence-electron chi connectivity index (χ2n) is 7.55.